The molecule has 2 N–H and O–H groups in total. The summed E-state index contributed by atoms with van der Waals surface area (Å²) in [6.45, 7) is 2.57. The van der Waals surface area contributed by atoms with Crippen LogP contribution in [0, 0.1) is 5.41 Å². The van der Waals surface area contributed by atoms with Crippen LogP contribution < -0.4 is 5.32 Å². The van der Waals surface area contributed by atoms with Gasteiger partial charge in [0.2, 0.25) is 5.91 Å². The number of aromatic nitrogens is 3. The second-order valence-electron chi connectivity index (χ2n) is 6.88. The van der Waals surface area contributed by atoms with E-state index in [1.54, 1.807) is 13.2 Å². The van der Waals surface area contributed by atoms with Crippen molar-refractivity contribution in [3.63, 3.8) is 0 Å². The average molecular weight is 341 g/mol. The Morgan fingerprint density at radius 2 is 2.28 bits per heavy atom. The number of hydrogen-bond acceptors (Lipinski definition) is 4. The molecule has 1 saturated heterocycles. The molecule has 3 heterocycles. The Morgan fingerprint density at radius 1 is 1.36 bits per heavy atom. The molecule has 6 nitrogen and oxygen atoms in total. The number of pyridine rings is 1. The van der Waals surface area contributed by atoms with Gasteiger partial charge in [-0.1, -0.05) is 6.07 Å². The molecule has 1 aliphatic heterocycles. The quantitative estimate of drug-likeness (QED) is 0.809. The molecule has 134 valence electrons. The zero-order chi connectivity index (χ0) is 17.5. The van der Waals surface area contributed by atoms with Gasteiger partial charge in [0.25, 0.3) is 0 Å². The first kappa shape index (κ1) is 17.6. The summed E-state index contributed by atoms with van der Waals surface area (Å²) in [6.07, 6.45) is 10.2. The lowest BCUT2D eigenvalue weighted by atomic mass is 9.75. The van der Waals surface area contributed by atoms with Crippen LogP contribution in [0.5, 0.6) is 0 Å². The standard InChI is InChI=1S/C19H27N5O/c1-20-18(25)19(8-4-7-16-6-2-3-10-21-16)9-5-13-24(15-19)14-17-22-11-12-23-17/h2-3,6,10-12H,4-5,7-9,13-15H2,1H3,(H,20,25)(H,22,23). The van der Waals surface area contributed by atoms with Gasteiger partial charge in [-0.05, 0) is 50.8 Å². The average Bonchev–Trinajstić information content (AvgIpc) is 3.15. The number of aryl methyl sites for hydroxylation is 1. The van der Waals surface area contributed by atoms with E-state index in [2.05, 4.69) is 31.2 Å². The summed E-state index contributed by atoms with van der Waals surface area (Å²) < 4.78 is 0. The van der Waals surface area contributed by atoms with Gasteiger partial charge in [-0.3, -0.25) is 14.7 Å². The van der Waals surface area contributed by atoms with Gasteiger partial charge in [0, 0.05) is 37.9 Å². The van der Waals surface area contributed by atoms with E-state index in [1.807, 2.05) is 24.5 Å². The van der Waals surface area contributed by atoms with Crippen molar-refractivity contribution in [3.8, 4) is 0 Å². The topological polar surface area (TPSA) is 73.9 Å². The maximum Gasteiger partial charge on any atom is 0.227 e. The molecule has 25 heavy (non-hydrogen) atoms. The monoisotopic (exact) mass is 341 g/mol. The van der Waals surface area contributed by atoms with Crippen molar-refractivity contribution < 1.29 is 4.79 Å². The lowest BCUT2D eigenvalue weighted by Gasteiger charge is -2.41. The van der Waals surface area contributed by atoms with Crippen LogP contribution in [0.4, 0.5) is 0 Å². The number of rotatable bonds is 7. The Hall–Kier alpha value is -2.21. The predicted octanol–water partition coefficient (Wildman–Crippen LogP) is 2.16. The lowest BCUT2D eigenvalue weighted by molar-refractivity contribution is -0.134. The number of nitrogens with one attached hydrogen (secondary N) is 2. The predicted molar refractivity (Wildman–Crippen MR) is 96.8 cm³/mol. The Labute approximate surface area is 149 Å². The smallest absolute Gasteiger partial charge is 0.227 e. The van der Waals surface area contributed by atoms with Crippen molar-refractivity contribution in [3.05, 3.63) is 48.3 Å². The van der Waals surface area contributed by atoms with E-state index in [0.29, 0.717) is 0 Å². The molecule has 2 aromatic rings. The lowest BCUT2D eigenvalue weighted by Crippen LogP contribution is -2.51. The second-order valence-corrected chi connectivity index (χ2v) is 6.88. The third-order valence-corrected chi connectivity index (χ3v) is 5.11. The van der Waals surface area contributed by atoms with Crippen LogP contribution >= 0.6 is 0 Å². The van der Waals surface area contributed by atoms with Gasteiger partial charge in [0.05, 0.1) is 12.0 Å². The number of carbonyl (C=O) groups excluding carboxylic acids is 1. The fraction of sp³-hybridized carbons (Fsp3) is 0.526. The highest BCUT2D eigenvalue weighted by atomic mass is 16.2. The Bertz CT molecular complexity index is 658. The van der Waals surface area contributed by atoms with Gasteiger partial charge in [0.1, 0.15) is 5.82 Å². The molecule has 0 saturated carbocycles. The minimum atomic E-state index is -0.311. The zero-order valence-corrected chi connectivity index (χ0v) is 14.9. The highest BCUT2D eigenvalue weighted by Gasteiger charge is 2.41. The van der Waals surface area contributed by atoms with Crippen LogP contribution in [0.25, 0.3) is 0 Å². The van der Waals surface area contributed by atoms with Gasteiger partial charge in [0.15, 0.2) is 0 Å². The third kappa shape index (κ3) is 4.45. The van der Waals surface area contributed by atoms with Crippen molar-refractivity contribution in [2.75, 3.05) is 20.1 Å². The molecule has 0 aromatic carbocycles. The number of piperidine rings is 1. The van der Waals surface area contributed by atoms with Crippen LogP contribution in [0.2, 0.25) is 0 Å². The van der Waals surface area contributed by atoms with Crippen molar-refractivity contribution in [2.24, 2.45) is 5.41 Å². The number of carbonyl (C=O) groups is 1. The molecule has 1 atom stereocenters. The largest absolute Gasteiger partial charge is 0.359 e. The Balaban J connectivity index is 1.64. The molecular formula is C19H27N5O. The van der Waals surface area contributed by atoms with Crippen LogP contribution in [0.3, 0.4) is 0 Å². The first-order chi connectivity index (χ1) is 12.2. The van der Waals surface area contributed by atoms with E-state index in [-0.39, 0.29) is 11.3 Å². The number of H-pyrrole nitrogens is 1. The first-order valence-corrected chi connectivity index (χ1v) is 9.04. The van der Waals surface area contributed by atoms with Gasteiger partial charge >= 0.3 is 0 Å². The number of hydrogen-bond donors (Lipinski definition) is 2. The van der Waals surface area contributed by atoms with E-state index in [0.717, 1.165) is 63.3 Å². The van der Waals surface area contributed by atoms with Crippen LogP contribution in [-0.4, -0.2) is 45.9 Å². The van der Waals surface area contributed by atoms with Gasteiger partial charge < -0.3 is 10.3 Å². The second kappa shape index (κ2) is 8.25. The summed E-state index contributed by atoms with van der Waals surface area (Å²) >= 11 is 0. The number of likely N-dealkylation sites (tertiary alicyclic amines) is 1. The molecule has 6 heteroatoms. The molecular weight excluding hydrogens is 314 g/mol. The summed E-state index contributed by atoms with van der Waals surface area (Å²) in [6, 6.07) is 6.00. The summed E-state index contributed by atoms with van der Waals surface area (Å²) in [7, 11) is 1.74. The molecule has 1 aliphatic rings. The zero-order valence-electron chi connectivity index (χ0n) is 14.9. The van der Waals surface area contributed by atoms with Crippen molar-refractivity contribution in [2.45, 2.75) is 38.6 Å². The summed E-state index contributed by atoms with van der Waals surface area (Å²) in [5, 5.41) is 2.90. The Morgan fingerprint density at radius 3 is 3.00 bits per heavy atom. The molecule has 0 bridgehead atoms. The van der Waals surface area contributed by atoms with Crippen molar-refractivity contribution in [1.29, 1.82) is 0 Å². The summed E-state index contributed by atoms with van der Waals surface area (Å²) in [4.78, 5) is 26.9. The molecule has 1 fully saturated rings. The fourth-order valence-electron chi connectivity index (χ4n) is 3.88. The third-order valence-electron chi connectivity index (χ3n) is 5.11. The first-order valence-electron chi connectivity index (χ1n) is 9.04. The number of nitrogens with zero attached hydrogens (tertiary/aromatic N) is 3. The van der Waals surface area contributed by atoms with E-state index in [9.17, 15) is 4.79 Å². The van der Waals surface area contributed by atoms with Gasteiger partial charge in [-0.15, -0.1) is 0 Å². The molecule has 0 spiro atoms. The maximum atomic E-state index is 12.7. The van der Waals surface area contributed by atoms with E-state index >= 15 is 0 Å². The molecule has 3 rings (SSSR count). The van der Waals surface area contributed by atoms with Gasteiger partial charge in [-0.2, -0.15) is 0 Å². The molecule has 0 aliphatic carbocycles. The molecule has 1 amide bonds. The van der Waals surface area contributed by atoms with Gasteiger partial charge in [-0.25, -0.2) is 4.98 Å². The van der Waals surface area contributed by atoms with Crippen molar-refractivity contribution in [1.82, 2.24) is 25.2 Å². The Kier molecular flexibility index (Phi) is 5.81. The number of aromatic amines is 1. The normalized spacial score (nSPS) is 21.2. The SMILES string of the molecule is CNC(=O)C1(CCCc2ccccn2)CCCN(Cc2ncc[nH]2)C1. The van der Waals surface area contributed by atoms with Crippen LogP contribution in [0.15, 0.2) is 36.8 Å². The highest BCUT2D eigenvalue weighted by molar-refractivity contribution is 5.82. The van der Waals surface area contributed by atoms with E-state index in [4.69, 9.17) is 0 Å². The molecule has 0 radical (unpaired) electrons. The van der Waals surface area contributed by atoms with Crippen molar-refractivity contribution >= 4 is 5.91 Å². The number of amides is 1. The van der Waals surface area contributed by atoms with Crippen LogP contribution in [0.1, 0.15) is 37.2 Å². The van der Waals surface area contributed by atoms with E-state index in [1.165, 1.54) is 0 Å². The molecule has 2 aromatic heterocycles. The molecule has 1 unspecified atom stereocenters. The fourth-order valence-corrected chi connectivity index (χ4v) is 3.88. The summed E-state index contributed by atoms with van der Waals surface area (Å²) in [5.74, 6) is 1.12. The maximum absolute atomic E-state index is 12.7. The van der Waals surface area contributed by atoms with E-state index < -0.39 is 0 Å². The highest BCUT2D eigenvalue weighted by Crippen LogP contribution is 2.36. The minimum Gasteiger partial charge on any atom is -0.359 e. The minimum absolute atomic E-state index is 0.165. The number of imidazole rings is 1. The van der Waals surface area contributed by atoms with Crippen LogP contribution in [-0.2, 0) is 17.8 Å². The summed E-state index contributed by atoms with van der Waals surface area (Å²) in [5.41, 5.74) is 0.784.